The predicted molar refractivity (Wildman–Crippen MR) is 99.2 cm³/mol. The average molecular weight is 355 g/mol. The van der Waals surface area contributed by atoms with Gasteiger partial charge in [0, 0.05) is 14.1 Å². The number of aliphatic hydroxyl groups is 1. The Morgan fingerprint density at radius 3 is 1.84 bits per heavy atom. The van der Waals surface area contributed by atoms with Crippen molar-refractivity contribution in [3.8, 4) is 0 Å². The summed E-state index contributed by atoms with van der Waals surface area (Å²) in [5, 5.41) is 11.8. The van der Waals surface area contributed by atoms with E-state index in [0.29, 0.717) is 11.1 Å². The van der Waals surface area contributed by atoms with E-state index >= 15 is 0 Å². The molecule has 0 spiro atoms. The monoisotopic (exact) mass is 355 g/mol. The summed E-state index contributed by atoms with van der Waals surface area (Å²) in [5.74, 6) is -0.704. The highest BCUT2D eigenvalue weighted by atomic mass is 32.2. The van der Waals surface area contributed by atoms with Crippen LogP contribution in [-0.2, 0) is 15.6 Å². The molecular weight excluding hydrogens is 334 g/mol. The van der Waals surface area contributed by atoms with Crippen LogP contribution in [0, 0.1) is 5.92 Å². The second-order valence-corrected chi connectivity index (χ2v) is 8.37. The molecule has 0 aromatic heterocycles. The zero-order valence-electron chi connectivity index (χ0n) is 14.2. The van der Waals surface area contributed by atoms with Crippen LogP contribution in [-0.4, -0.2) is 31.9 Å². The molecule has 2 aromatic carbocycles. The van der Waals surface area contributed by atoms with Crippen molar-refractivity contribution in [3.63, 3.8) is 0 Å². The molecule has 1 aliphatic rings. The zero-order chi connectivity index (χ0) is 18.1. The van der Waals surface area contributed by atoms with Crippen LogP contribution in [0.5, 0.6) is 0 Å². The van der Waals surface area contributed by atoms with Gasteiger partial charge in [0.05, 0.1) is 10.8 Å². The van der Waals surface area contributed by atoms with E-state index in [1.54, 1.807) is 18.2 Å². The number of hydrogen-bond donors (Lipinski definition) is 1. The van der Waals surface area contributed by atoms with Crippen LogP contribution in [0.2, 0.25) is 0 Å². The van der Waals surface area contributed by atoms with E-state index in [4.69, 9.17) is 0 Å². The molecular formula is C20H21NO3S. The maximum Gasteiger partial charge on any atom is 0.239 e. The Labute approximate surface area is 148 Å². The molecule has 0 fully saturated rings. The third-order valence-corrected chi connectivity index (χ3v) is 6.47. The third-order valence-electron chi connectivity index (χ3n) is 4.53. The number of rotatable bonds is 5. The molecule has 0 heterocycles. The molecule has 1 aliphatic carbocycles. The molecule has 0 bridgehead atoms. The van der Waals surface area contributed by atoms with Crippen molar-refractivity contribution >= 4 is 10.0 Å². The Morgan fingerprint density at radius 2 is 1.40 bits per heavy atom. The number of nitrogens with zero attached hydrogens (tertiary/aromatic N) is 1. The lowest BCUT2D eigenvalue weighted by Gasteiger charge is -2.36. The third kappa shape index (κ3) is 2.95. The summed E-state index contributed by atoms with van der Waals surface area (Å²) in [6.45, 7) is 0. The van der Waals surface area contributed by atoms with Crippen molar-refractivity contribution in [2.24, 2.45) is 5.92 Å². The van der Waals surface area contributed by atoms with Gasteiger partial charge in [0.1, 0.15) is 5.60 Å². The summed E-state index contributed by atoms with van der Waals surface area (Å²) in [6.07, 6.45) is 5.01. The molecule has 2 aromatic rings. The summed E-state index contributed by atoms with van der Waals surface area (Å²) in [6, 6.07) is 18.4. The summed E-state index contributed by atoms with van der Waals surface area (Å²) >= 11 is 0. The van der Waals surface area contributed by atoms with Gasteiger partial charge < -0.3 is 5.11 Å². The van der Waals surface area contributed by atoms with Crippen LogP contribution in [0.25, 0.3) is 0 Å². The number of sulfonamides is 1. The highest BCUT2D eigenvalue weighted by Gasteiger charge is 2.45. The van der Waals surface area contributed by atoms with Gasteiger partial charge >= 0.3 is 0 Å². The first-order chi connectivity index (χ1) is 11.9. The summed E-state index contributed by atoms with van der Waals surface area (Å²) in [5.41, 5.74) is -0.181. The van der Waals surface area contributed by atoms with Gasteiger partial charge in [0.15, 0.2) is 0 Å². The lowest BCUT2D eigenvalue weighted by molar-refractivity contribution is 0.0530. The largest absolute Gasteiger partial charge is 0.379 e. The predicted octanol–water partition coefficient (Wildman–Crippen LogP) is 2.88. The number of allylic oxidation sites excluding steroid dienone is 2. The summed E-state index contributed by atoms with van der Waals surface area (Å²) < 4.78 is 26.7. The van der Waals surface area contributed by atoms with E-state index in [9.17, 15) is 13.5 Å². The van der Waals surface area contributed by atoms with Gasteiger partial charge in [-0.2, -0.15) is 0 Å². The fourth-order valence-electron chi connectivity index (χ4n) is 3.17. The molecule has 0 radical (unpaired) electrons. The van der Waals surface area contributed by atoms with Crippen LogP contribution in [0.4, 0.5) is 0 Å². The molecule has 130 valence electrons. The molecule has 0 saturated carbocycles. The smallest absolute Gasteiger partial charge is 0.239 e. The van der Waals surface area contributed by atoms with Crippen molar-refractivity contribution in [3.05, 3.63) is 94.9 Å². The Hall–Kier alpha value is -2.21. The van der Waals surface area contributed by atoms with Gasteiger partial charge in [-0.3, -0.25) is 0 Å². The van der Waals surface area contributed by atoms with Crippen molar-refractivity contribution < 1.29 is 13.5 Å². The SMILES string of the molecule is CN(C)S(=O)(=O)C1=CC=CC1C(O)(c1ccccc1)c1ccccc1. The van der Waals surface area contributed by atoms with Gasteiger partial charge in [-0.25, -0.2) is 12.7 Å². The molecule has 1 unspecified atom stereocenters. The van der Waals surface area contributed by atoms with E-state index in [1.165, 1.54) is 18.4 Å². The van der Waals surface area contributed by atoms with Gasteiger partial charge in [0.2, 0.25) is 10.0 Å². The lowest BCUT2D eigenvalue weighted by atomic mass is 9.76. The normalized spacial score (nSPS) is 17.8. The van der Waals surface area contributed by atoms with Crippen LogP contribution in [0.3, 0.4) is 0 Å². The Kier molecular flexibility index (Phi) is 4.64. The van der Waals surface area contributed by atoms with E-state index in [-0.39, 0.29) is 4.91 Å². The maximum absolute atomic E-state index is 12.8. The standard InChI is InChI=1S/C20H21NO3S/c1-21(2)25(23,24)19-15-9-14-18(19)20(22,16-10-5-3-6-11-16)17-12-7-4-8-13-17/h3-15,18,22H,1-2H3. The van der Waals surface area contributed by atoms with Crippen molar-refractivity contribution in [1.29, 1.82) is 0 Å². The molecule has 25 heavy (non-hydrogen) atoms. The molecule has 1 N–H and O–H groups in total. The highest BCUT2D eigenvalue weighted by Crippen LogP contribution is 2.44. The second-order valence-electron chi connectivity index (χ2n) is 6.22. The maximum atomic E-state index is 12.8. The molecule has 0 saturated heterocycles. The molecule has 0 aliphatic heterocycles. The molecule has 5 heteroatoms. The fourth-order valence-corrected chi connectivity index (χ4v) is 4.41. The first kappa shape index (κ1) is 17.6. The second kappa shape index (κ2) is 6.59. The van der Waals surface area contributed by atoms with Gasteiger partial charge in [-0.05, 0) is 17.2 Å². The molecule has 4 nitrogen and oxygen atoms in total. The van der Waals surface area contributed by atoms with E-state index in [1.807, 2.05) is 60.7 Å². The Morgan fingerprint density at radius 1 is 0.920 bits per heavy atom. The molecule has 3 rings (SSSR count). The minimum atomic E-state index is -3.65. The Bertz CT molecular complexity index is 861. The average Bonchev–Trinajstić information content (AvgIpc) is 3.13. The van der Waals surface area contributed by atoms with Crippen LogP contribution >= 0.6 is 0 Å². The first-order valence-electron chi connectivity index (χ1n) is 8.03. The van der Waals surface area contributed by atoms with Gasteiger partial charge in [-0.1, -0.05) is 72.8 Å². The van der Waals surface area contributed by atoms with Crippen LogP contribution < -0.4 is 0 Å². The van der Waals surface area contributed by atoms with Crippen LogP contribution in [0.1, 0.15) is 11.1 Å². The molecule has 1 atom stereocenters. The number of benzene rings is 2. The van der Waals surface area contributed by atoms with Crippen molar-refractivity contribution in [1.82, 2.24) is 4.31 Å². The summed E-state index contributed by atoms with van der Waals surface area (Å²) in [4.78, 5) is 0.188. The lowest BCUT2D eigenvalue weighted by Crippen LogP contribution is -2.39. The quantitative estimate of drug-likeness (QED) is 0.897. The van der Waals surface area contributed by atoms with E-state index in [2.05, 4.69) is 0 Å². The van der Waals surface area contributed by atoms with Crippen molar-refractivity contribution in [2.75, 3.05) is 14.1 Å². The van der Waals surface area contributed by atoms with Gasteiger partial charge in [0.25, 0.3) is 0 Å². The fraction of sp³-hybridized carbons (Fsp3) is 0.200. The topological polar surface area (TPSA) is 57.6 Å². The van der Waals surface area contributed by atoms with Gasteiger partial charge in [-0.15, -0.1) is 0 Å². The minimum absolute atomic E-state index is 0.188. The van der Waals surface area contributed by atoms with E-state index in [0.717, 1.165) is 0 Å². The van der Waals surface area contributed by atoms with E-state index < -0.39 is 21.5 Å². The Balaban J connectivity index is 2.20. The molecule has 0 amide bonds. The zero-order valence-corrected chi connectivity index (χ0v) is 15.0. The number of hydrogen-bond acceptors (Lipinski definition) is 3. The first-order valence-corrected chi connectivity index (χ1v) is 9.47. The van der Waals surface area contributed by atoms with Crippen molar-refractivity contribution in [2.45, 2.75) is 5.60 Å². The highest BCUT2D eigenvalue weighted by molar-refractivity contribution is 7.93. The van der Waals surface area contributed by atoms with Crippen LogP contribution in [0.15, 0.2) is 83.8 Å². The minimum Gasteiger partial charge on any atom is -0.379 e. The summed E-state index contributed by atoms with van der Waals surface area (Å²) in [7, 11) is -0.662.